The summed E-state index contributed by atoms with van der Waals surface area (Å²) >= 11 is 0. The molecule has 0 radical (unpaired) electrons. The molecule has 0 bridgehead atoms. The van der Waals surface area contributed by atoms with Gasteiger partial charge in [-0.05, 0) is 30.7 Å². The molecule has 0 aliphatic rings. The Morgan fingerprint density at radius 3 is 2.62 bits per heavy atom. The molecule has 0 saturated carbocycles. The van der Waals surface area contributed by atoms with Crippen LogP contribution in [0.5, 0.6) is 5.75 Å². The van der Waals surface area contributed by atoms with Gasteiger partial charge in [0.2, 0.25) is 0 Å². The van der Waals surface area contributed by atoms with E-state index >= 15 is 0 Å². The SMILES string of the molecule is COc1cccc(F)c1-c1nc(N)c2c(C)cccc2n1. The number of methoxy groups -OCH3 is 1. The van der Waals surface area contributed by atoms with Gasteiger partial charge in [0, 0.05) is 5.39 Å². The summed E-state index contributed by atoms with van der Waals surface area (Å²) in [4.78, 5) is 8.67. The summed E-state index contributed by atoms with van der Waals surface area (Å²) in [6.07, 6.45) is 0. The maximum atomic E-state index is 14.1. The highest BCUT2D eigenvalue weighted by molar-refractivity contribution is 5.92. The number of fused-ring (bicyclic) bond motifs is 1. The van der Waals surface area contributed by atoms with Crippen molar-refractivity contribution < 1.29 is 9.13 Å². The Labute approximate surface area is 121 Å². The molecule has 0 atom stereocenters. The van der Waals surface area contributed by atoms with Gasteiger partial charge in [-0.1, -0.05) is 18.2 Å². The molecule has 0 unspecified atom stereocenters. The Morgan fingerprint density at radius 2 is 1.86 bits per heavy atom. The minimum atomic E-state index is -0.444. The summed E-state index contributed by atoms with van der Waals surface area (Å²) in [5.74, 6) is 0.487. The lowest BCUT2D eigenvalue weighted by molar-refractivity contribution is 0.413. The van der Waals surface area contributed by atoms with Gasteiger partial charge in [0.15, 0.2) is 5.82 Å². The zero-order valence-corrected chi connectivity index (χ0v) is 11.7. The molecular formula is C16H14FN3O. The molecule has 0 aliphatic heterocycles. The highest BCUT2D eigenvalue weighted by Crippen LogP contribution is 2.32. The van der Waals surface area contributed by atoms with E-state index in [2.05, 4.69) is 9.97 Å². The predicted molar refractivity (Wildman–Crippen MR) is 80.6 cm³/mol. The molecule has 2 N–H and O–H groups in total. The minimum Gasteiger partial charge on any atom is -0.496 e. The average Bonchev–Trinajstić information content (AvgIpc) is 2.46. The number of anilines is 1. The molecule has 0 saturated heterocycles. The Hall–Kier alpha value is -2.69. The van der Waals surface area contributed by atoms with Gasteiger partial charge in [0.1, 0.15) is 17.4 Å². The second kappa shape index (κ2) is 5.01. The summed E-state index contributed by atoms with van der Waals surface area (Å²) in [6.45, 7) is 1.94. The molecule has 0 aliphatic carbocycles. The van der Waals surface area contributed by atoms with E-state index in [1.54, 1.807) is 12.1 Å². The van der Waals surface area contributed by atoms with Crippen LogP contribution in [-0.4, -0.2) is 17.1 Å². The van der Waals surface area contributed by atoms with Crippen LogP contribution in [-0.2, 0) is 0 Å². The van der Waals surface area contributed by atoms with E-state index in [0.29, 0.717) is 17.1 Å². The zero-order chi connectivity index (χ0) is 15.0. The minimum absolute atomic E-state index is 0.218. The maximum absolute atomic E-state index is 14.1. The Balaban J connectivity index is 2.33. The molecule has 1 heterocycles. The second-order valence-electron chi connectivity index (χ2n) is 4.72. The molecule has 2 aromatic carbocycles. The standard InChI is InChI=1S/C16H14FN3O/c1-9-5-3-7-11-13(9)15(18)20-16(19-11)14-10(17)6-4-8-12(14)21-2/h3-8H,1-2H3,(H2,18,19,20). The van der Waals surface area contributed by atoms with Crippen LogP contribution in [0.2, 0.25) is 0 Å². The highest BCUT2D eigenvalue weighted by Gasteiger charge is 2.16. The van der Waals surface area contributed by atoms with E-state index in [-0.39, 0.29) is 11.4 Å². The van der Waals surface area contributed by atoms with Crippen LogP contribution >= 0.6 is 0 Å². The fourth-order valence-corrected chi connectivity index (χ4v) is 2.39. The van der Waals surface area contributed by atoms with Crippen LogP contribution in [0.15, 0.2) is 36.4 Å². The van der Waals surface area contributed by atoms with Crippen molar-refractivity contribution in [3.8, 4) is 17.1 Å². The van der Waals surface area contributed by atoms with Crippen LogP contribution in [0.25, 0.3) is 22.3 Å². The van der Waals surface area contributed by atoms with Gasteiger partial charge in [-0.3, -0.25) is 0 Å². The van der Waals surface area contributed by atoms with Crippen molar-refractivity contribution >= 4 is 16.7 Å². The molecule has 4 nitrogen and oxygen atoms in total. The molecule has 3 rings (SSSR count). The van der Waals surface area contributed by atoms with Crippen LogP contribution < -0.4 is 10.5 Å². The molecule has 0 spiro atoms. The van der Waals surface area contributed by atoms with E-state index in [0.717, 1.165) is 10.9 Å². The topological polar surface area (TPSA) is 61.0 Å². The van der Waals surface area contributed by atoms with Gasteiger partial charge in [-0.2, -0.15) is 0 Å². The van der Waals surface area contributed by atoms with Crippen LogP contribution in [0.1, 0.15) is 5.56 Å². The van der Waals surface area contributed by atoms with Crippen LogP contribution in [0, 0.1) is 12.7 Å². The van der Waals surface area contributed by atoms with E-state index in [1.165, 1.54) is 13.2 Å². The van der Waals surface area contributed by atoms with Crippen molar-refractivity contribution in [2.24, 2.45) is 0 Å². The Bertz CT molecular complexity index is 833. The number of hydrogen-bond donors (Lipinski definition) is 1. The van der Waals surface area contributed by atoms with Gasteiger partial charge in [0.05, 0.1) is 18.2 Å². The summed E-state index contributed by atoms with van der Waals surface area (Å²) < 4.78 is 19.3. The van der Waals surface area contributed by atoms with E-state index in [9.17, 15) is 4.39 Å². The summed E-state index contributed by atoms with van der Waals surface area (Å²) in [5, 5.41) is 0.788. The number of nitrogen functional groups attached to an aromatic ring is 1. The van der Waals surface area contributed by atoms with Gasteiger partial charge in [0.25, 0.3) is 0 Å². The zero-order valence-electron chi connectivity index (χ0n) is 11.7. The van der Waals surface area contributed by atoms with Crippen molar-refractivity contribution in [3.63, 3.8) is 0 Å². The largest absolute Gasteiger partial charge is 0.496 e. The first-order valence-electron chi connectivity index (χ1n) is 6.47. The molecule has 106 valence electrons. The quantitative estimate of drug-likeness (QED) is 0.783. The van der Waals surface area contributed by atoms with Crippen molar-refractivity contribution in [3.05, 3.63) is 47.8 Å². The molecule has 5 heteroatoms. The number of nitrogens with zero attached hydrogens (tertiary/aromatic N) is 2. The van der Waals surface area contributed by atoms with Crippen molar-refractivity contribution in [2.45, 2.75) is 6.92 Å². The second-order valence-corrected chi connectivity index (χ2v) is 4.72. The lowest BCUT2D eigenvalue weighted by atomic mass is 10.1. The molecule has 3 aromatic rings. The van der Waals surface area contributed by atoms with Gasteiger partial charge >= 0.3 is 0 Å². The number of rotatable bonds is 2. The van der Waals surface area contributed by atoms with Crippen molar-refractivity contribution in [1.29, 1.82) is 0 Å². The normalized spacial score (nSPS) is 10.8. The van der Waals surface area contributed by atoms with Gasteiger partial charge in [-0.25, -0.2) is 14.4 Å². The van der Waals surface area contributed by atoms with E-state index in [1.807, 2.05) is 25.1 Å². The fourth-order valence-electron chi connectivity index (χ4n) is 2.39. The first-order valence-corrected chi connectivity index (χ1v) is 6.47. The van der Waals surface area contributed by atoms with Crippen molar-refractivity contribution in [1.82, 2.24) is 9.97 Å². The summed E-state index contributed by atoms with van der Waals surface area (Å²) in [5.41, 5.74) is 7.91. The Kier molecular flexibility index (Phi) is 3.17. The number of aromatic nitrogens is 2. The first kappa shape index (κ1) is 13.3. The molecule has 21 heavy (non-hydrogen) atoms. The number of nitrogens with two attached hydrogens (primary N) is 1. The third-order valence-electron chi connectivity index (χ3n) is 3.38. The Morgan fingerprint density at radius 1 is 1.10 bits per heavy atom. The van der Waals surface area contributed by atoms with Gasteiger partial charge in [-0.15, -0.1) is 0 Å². The highest BCUT2D eigenvalue weighted by atomic mass is 19.1. The molecule has 0 amide bonds. The monoisotopic (exact) mass is 283 g/mol. The lowest BCUT2D eigenvalue weighted by Gasteiger charge is -2.11. The number of ether oxygens (including phenoxy) is 1. The van der Waals surface area contributed by atoms with Gasteiger partial charge < -0.3 is 10.5 Å². The number of hydrogen-bond acceptors (Lipinski definition) is 4. The summed E-state index contributed by atoms with van der Waals surface area (Å²) in [6, 6.07) is 10.2. The first-order chi connectivity index (χ1) is 10.1. The number of benzene rings is 2. The number of halogens is 1. The van der Waals surface area contributed by atoms with Crippen molar-refractivity contribution in [2.75, 3.05) is 12.8 Å². The molecular weight excluding hydrogens is 269 g/mol. The lowest BCUT2D eigenvalue weighted by Crippen LogP contribution is -2.01. The smallest absolute Gasteiger partial charge is 0.168 e. The van der Waals surface area contributed by atoms with E-state index in [4.69, 9.17) is 10.5 Å². The third kappa shape index (κ3) is 2.16. The van der Waals surface area contributed by atoms with Crippen LogP contribution in [0.4, 0.5) is 10.2 Å². The van der Waals surface area contributed by atoms with E-state index < -0.39 is 5.82 Å². The molecule has 1 aromatic heterocycles. The maximum Gasteiger partial charge on any atom is 0.168 e. The summed E-state index contributed by atoms with van der Waals surface area (Å²) in [7, 11) is 1.48. The average molecular weight is 283 g/mol. The fraction of sp³-hybridized carbons (Fsp3) is 0.125. The third-order valence-corrected chi connectivity index (χ3v) is 3.38. The predicted octanol–water partition coefficient (Wildman–Crippen LogP) is 3.34. The molecule has 0 fully saturated rings. The van der Waals surface area contributed by atoms with Crippen LogP contribution in [0.3, 0.4) is 0 Å². The number of aryl methyl sites for hydroxylation is 1.